The van der Waals surface area contributed by atoms with Crippen LogP contribution in [0.1, 0.15) is 4.88 Å². The average molecular weight is 344 g/mol. The minimum absolute atomic E-state index is 0.0766. The Morgan fingerprint density at radius 3 is 2.96 bits per heavy atom. The molecule has 130 valence electrons. The Balaban J connectivity index is 0.000000816. The maximum absolute atomic E-state index is 12.4. The molecule has 2 N–H and O–H groups in total. The second-order valence-corrected chi connectivity index (χ2v) is 6.20. The van der Waals surface area contributed by atoms with E-state index in [9.17, 15) is 4.79 Å². The number of carboxylic acid groups (broad SMARTS) is 1. The summed E-state index contributed by atoms with van der Waals surface area (Å²) < 4.78 is 5.50. The molecule has 23 heavy (non-hydrogen) atoms. The molecule has 1 saturated heterocycles. The Morgan fingerprint density at radius 1 is 1.61 bits per heavy atom. The molecule has 1 aromatic rings. The van der Waals surface area contributed by atoms with Gasteiger partial charge in [0.05, 0.1) is 32.3 Å². The van der Waals surface area contributed by atoms with E-state index in [0.717, 1.165) is 11.4 Å². The summed E-state index contributed by atoms with van der Waals surface area (Å²) >= 11 is 1.62. The number of carbonyl (C=O) groups excluding carboxylic acids is 1. The zero-order valence-corrected chi connectivity index (χ0v) is 14.1. The van der Waals surface area contributed by atoms with Gasteiger partial charge < -0.3 is 24.7 Å². The molecule has 2 heterocycles. The number of hydrogen-bond donors (Lipinski definition) is 2. The van der Waals surface area contributed by atoms with Crippen LogP contribution < -0.4 is 0 Å². The van der Waals surface area contributed by atoms with Gasteiger partial charge in [-0.1, -0.05) is 6.07 Å². The van der Waals surface area contributed by atoms with Crippen LogP contribution >= 0.6 is 11.3 Å². The number of thiophene rings is 1. The van der Waals surface area contributed by atoms with Crippen molar-refractivity contribution in [2.45, 2.75) is 12.5 Å². The highest BCUT2D eigenvalue weighted by Crippen LogP contribution is 2.14. The van der Waals surface area contributed by atoms with Gasteiger partial charge in [-0.05, 0) is 18.5 Å². The number of carbonyl (C=O) groups is 2. The number of nitrogens with zero attached hydrogens (tertiary/aromatic N) is 2. The van der Waals surface area contributed by atoms with Crippen LogP contribution in [0, 0.1) is 0 Å². The number of aliphatic hydroxyl groups excluding tert-OH is 1. The van der Waals surface area contributed by atoms with Crippen LogP contribution in [0.2, 0.25) is 0 Å². The first-order chi connectivity index (χ1) is 11.1. The van der Waals surface area contributed by atoms with Gasteiger partial charge in [0.25, 0.3) is 6.47 Å². The Hall–Kier alpha value is -1.48. The lowest BCUT2D eigenvalue weighted by molar-refractivity contribution is -0.139. The van der Waals surface area contributed by atoms with Crippen molar-refractivity contribution in [3.05, 3.63) is 22.4 Å². The molecule has 1 aliphatic heterocycles. The quantitative estimate of drug-likeness (QED) is 0.714. The van der Waals surface area contributed by atoms with E-state index in [1.165, 1.54) is 0 Å². The third kappa shape index (κ3) is 7.08. The molecule has 2 rings (SSSR count). The summed E-state index contributed by atoms with van der Waals surface area (Å²) in [5, 5.41) is 17.8. The summed E-state index contributed by atoms with van der Waals surface area (Å²) in [5.74, 6) is 0.165. The number of hydrogen-bond acceptors (Lipinski definition) is 6. The summed E-state index contributed by atoms with van der Waals surface area (Å²) in [7, 11) is 1.95. The van der Waals surface area contributed by atoms with Crippen LogP contribution in [-0.4, -0.2) is 84.9 Å². The molecule has 0 bridgehead atoms. The largest absolute Gasteiger partial charge is 0.483 e. The number of rotatable bonds is 6. The molecule has 0 aliphatic carbocycles. The molecule has 1 aliphatic rings. The van der Waals surface area contributed by atoms with Gasteiger partial charge in [-0.3, -0.25) is 9.59 Å². The fraction of sp³-hybridized carbons (Fsp3) is 0.600. The first kappa shape index (κ1) is 19.6. The second kappa shape index (κ2) is 11.1. The Labute approximate surface area is 140 Å². The average Bonchev–Trinajstić information content (AvgIpc) is 3.01. The monoisotopic (exact) mass is 344 g/mol. The highest BCUT2D eigenvalue weighted by atomic mass is 32.1. The highest BCUT2D eigenvalue weighted by molar-refractivity contribution is 7.10. The van der Waals surface area contributed by atoms with E-state index in [0.29, 0.717) is 32.7 Å². The van der Waals surface area contributed by atoms with Gasteiger partial charge in [0.2, 0.25) is 5.91 Å². The molecule has 7 nitrogen and oxygen atoms in total. The van der Waals surface area contributed by atoms with E-state index >= 15 is 0 Å². The van der Waals surface area contributed by atoms with Crippen molar-refractivity contribution >= 4 is 23.7 Å². The van der Waals surface area contributed by atoms with E-state index < -0.39 is 0 Å². The van der Waals surface area contributed by atoms with E-state index in [2.05, 4.69) is 0 Å². The molecule has 0 saturated carbocycles. The fourth-order valence-corrected chi connectivity index (χ4v) is 3.12. The van der Waals surface area contributed by atoms with Gasteiger partial charge in [0.15, 0.2) is 0 Å². The standard InChI is InChI=1S/C14H22N2O3S.CH2O2/c1-15(4-6-17)10-12-11-19-7-5-16(12)14(18)9-13-3-2-8-20-13;2-1-3/h2-3,8,12,17H,4-7,9-11H2,1H3;1H,(H,2,3). The van der Waals surface area contributed by atoms with Gasteiger partial charge >= 0.3 is 0 Å². The first-order valence-corrected chi connectivity index (χ1v) is 8.27. The van der Waals surface area contributed by atoms with Crippen LogP contribution in [0.25, 0.3) is 0 Å². The number of likely N-dealkylation sites (N-methyl/N-ethyl adjacent to an activating group) is 1. The summed E-state index contributed by atoms with van der Waals surface area (Å²) in [6.07, 6.45) is 0.470. The second-order valence-electron chi connectivity index (χ2n) is 5.16. The van der Waals surface area contributed by atoms with Gasteiger partial charge in [-0.25, -0.2) is 0 Å². The number of morpholine rings is 1. The number of ether oxygens (including phenoxy) is 1. The van der Waals surface area contributed by atoms with E-state index in [-0.39, 0.29) is 25.0 Å². The number of amides is 1. The van der Waals surface area contributed by atoms with Gasteiger partial charge in [0.1, 0.15) is 0 Å². The van der Waals surface area contributed by atoms with E-state index in [1.54, 1.807) is 11.3 Å². The molecule has 1 aromatic heterocycles. The Morgan fingerprint density at radius 2 is 2.35 bits per heavy atom. The van der Waals surface area contributed by atoms with Crippen molar-refractivity contribution in [1.82, 2.24) is 9.80 Å². The lowest BCUT2D eigenvalue weighted by atomic mass is 10.2. The fourth-order valence-electron chi connectivity index (χ4n) is 2.42. The van der Waals surface area contributed by atoms with Crippen LogP contribution in [0.4, 0.5) is 0 Å². The molecule has 8 heteroatoms. The molecule has 1 amide bonds. The first-order valence-electron chi connectivity index (χ1n) is 7.39. The maximum Gasteiger partial charge on any atom is 0.290 e. The van der Waals surface area contributed by atoms with Crippen molar-refractivity contribution in [3.8, 4) is 0 Å². The molecule has 1 atom stereocenters. The lowest BCUT2D eigenvalue weighted by Gasteiger charge is -2.37. The SMILES string of the molecule is CN(CCO)CC1COCCN1C(=O)Cc1cccs1.O=CO. The predicted molar refractivity (Wildman–Crippen MR) is 87.6 cm³/mol. The van der Waals surface area contributed by atoms with Gasteiger partial charge in [-0.2, -0.15) is 0 Å². The van der Waals surface area contributed by atoms with Crippen LogP contribution in [0.15, 0.2) is 17.5 Å². The van der Waals surface area contributed by atoms with Crippen LogP contribution in [0.3, 0.4) is 0 Å². The van der Waals surface area contributed by atoms with Crippen molar-refractivity contribution in [2.75, 3.05) is 46.5 Å². The summed E-state index contributed by atoms with van der Waals surface area (Å²) in [4.78, 5) is 25.8. The molecule has 0 aromatic carbocycles. The Bertz CT molecular complexity index is 455. The molecular formula is C15H24N2O5S. The summed E-state index contributed by atoms with van der Waals surface area (Å²) in [6.45, 7) is 3.07. The van der Waals surface area contributed by atoms with Crippen LogP contribution in [-0.2, 0) is 20.7 Å². The molecule has 1 fully saturated rings. The molecule has 0 radical (unpaired) electrons. The molecule has 1 unspecified atom stereocenters. The van der Waals surface area contributed by atoms with E-state index in [4.69, 9.17) is 19.7 Å². The number of aliphatic hydroxyl groups is 1. The summed E-state index contributed by atoms with van der Waals surface area (Å²) in [5.41, 5.74) is 0. The van der Waals surface area contributed by atoms with Crippen molar-refractivity contribution in [3.63, 3.8) is 0 Å². The zero-order valence-electron chi connectivity index (χ0n) is 13.3. The van der Waals surface area contributed by atoms with Crippen molar-refractivity contribution in [2.24, 2.45) is 0 Å². The minimum atomic E-state index is -0.250. The maximum atomic E-state index is 12.4. The summed E-state index contributed by atoms with van der Waals surface area (Å²) in [6, 6.07) is 4.04. The van der Waals surface area contributed by atoms with Crippen LogP contribution in [0.5, 0.6) is 0 Å². The minimum Gasteiger partial charge on any atom is -0.483 e. The lowest BCUT2D eigenvalue weighted by Crippen LogP contribution is -2.53. The predicted octanol–water partition coefficient (Wildman–Crippen LogP) is 0.143. The zero-order chi connectivity index (χ0) is 17.1. The normalized spacial score (nSPS) is 17.5. The van der Waals surface area contributed by atoms with Gasteiger partial charge in [0, 0.05) is 24.5 Å². The third-order valence-electron chi connectivity index (χ3n) is 3.46. The van der Waals surface area contributed by atoms with Crippen molar-refractivity contribution < 1.29 is 24.5 Å². The smallest absolute Gasteiger partial charge is 0.290 e. The Kier molecular flexibility index (Phi) is 9.46. The topological polar surface area (TPSA) is 90.3 Å². The highest BCUT2D eigenvalue weighted by Gasteiger charge is 2.28. The molecule has 0 spiro atoms. The molecular weight excluding hydrogens is 320 g/mol. The van der Waals surface area contributed by atoms with E-state index in [1.807, 2.05) is 34.4 Å². The third-order valence-corrected chi connectivity index (χ3v) is 4.33. The van der Waals surface area contributed by atoms with Crippen molar-refractivity contribution in [1.29, 1.82) is 0 Å². The van der Waals surface area contributed by atoms with Gasteiger partial charge in [-0.15, -0.1) is 11.3 Å².